The number of carbonyl (C=O) groups excluding carboxylic acids is 1. The second-order valence-electron chi connectivity index (χ2n) is 4.17. The molecule has 1 aliphatic rings. The molecule has 1 heterocycles. The average molecular weight is 218 g/mol. The molecule has 3 nitrogen and oxygen atoms in total. The molecular formula is C13H18N2O. The summed E-state index contributed by atoms with van der Waals surface area (Å²) in [5, 5.41) is 6.26. The van der Waals surface area contributed by atoms with Crippen LogP contribution in [0.5, 0.6) is 0 Å². The molecule has 0 unspecified atom stereocenters. The highest BCUT2D eigenvalue weighted by atomic mass is 16.1. The largest absolute Gasteiger partial charge is 0.326 e. The van der Waals surface area contributed by atoms with Gasteiger partial charge in [-0.15, -0.1) is 0 Å². The van der Waals surface area contributed by atoms with Gasteiger partial charge in [-0.3, -0.25) is 4.79 Å². The molecule has 1 aliphatic heterocycles. The van der Waals surface area contributed by atoms with E-state index >= 15 is 0 Å². The topological polar surface area (TPSA) is 41.1 Å². The molecule has 0 saturated carbocycles. The zero-order valence-corrected chi connectivity index (χ0v) is 9.68. The predicted molar refractivity (Wildman–Crippen MR) is 65.6 cm³/mol. The molecule has 3 heteroatoms. The van der Waals surface area contributed by atoms with E-state index in [1.165, 1.54) is 11.1 Å². The van der Waals surface area contributed by atoms with Gasteiger partial charge < -0.3 is 10.6 Å². The van der Waals surface area contributed by atoms with Crippen LogP contribution in [-0.4, -0.2) is 19.0 Å². The van der Waals surface area contributed by atoms with Gasteiger partial charge in [0.2, 0.25) is 5.91 Å². The van der Waals surface area contributed by atoms with Crippen LogP contribution in [0.2, 0.25) is 0 Å². The quantitative estimate of drug-likeness (QED) is 0.739. The van der Waals surface area contributed by atoms with Gasteiger partial charge >= 0.3 is 0 Å². The van der Waals surface area contributed by atoms with Gasteiger partial charge in [0.05, 0.1) is 6.42 Å². The molecule has 0 spiro atoms. The van der Waals surface area contributed by atoms with Crippen molar-refractivity contribution in [3.63, 3.8) is 0 Å². The minimum atomic E-state index is 0.115. The van der Waals surface area contributed by atoms with Crippen LogP contribution in [0, 0.1) is 0 Å². The first-order valence-electron chi connectivity index (χ1n) is 5.92. The monoisotopic (exact) mass is 218 g/mol. The second kappa shape index (κ2) is 5.12. The lowest BCUT2D eigenvalue weighted by Gasteiger charge is -2.07. The second-order valence-corrected chi connectivity index (χ2v) is 4.17. The molecule has 2 rings (SSSR count). The van der Waals surface area contributed by atoms with E-state index in [0.29, 0.717) is 6.42 Å². The number of rotatable bonds is 5. The summed E-state index contributed by atoms with van der Waals surface area (Å²) >= 11 is 0. The summed E-state index contributed by atoms with van der Waals surface area (Å²) in [4.78, 5) is 11.3. The van der Waals surface area contributed by atoms with Crippen LogP contribution in [-0.2, 0) is 17.6 Å². The average Bonchev–Trinajstić information content (AvgIpc) is 2.65. The van der Waals surface area contributed by atoms with Crippen molar-refractivity contribution in [2.75, 3.05) is 18.4 Å². The van der Waals surface area contributed by atoms with Crippen molar-refractivity contribution in [2.45, 2.75) is 26.2 Å². The summed E-state index contributed by atoms with van der Waals surface area (Å²) < 4.78 is 0. The van der Waals surface area contributed by atoms with Gasteiger partial charge in [0.25, 0.3) is 0 Å². The van der Waals surface area contributed by atoms with Gasteiger partial charge in [-0.05, 0) is 43.1 Å². The van der Waals surface area contributed by atoms with Crippen molar-refractivity contribution < 1.29 is 4.79 Å². The van der Waals surface area contributed by atoms with Crippen LogP contribution in [0.3, 0.4) is 0 Å². The molecule has 0 bridgehead atoms. The molecule has 0 aliphatic carbocycles. The van der Waals surface area contributed by atoms with E-state index in [1.54, 1.807) is 0 Å². The summed E-state index contributed by atoms with van der Waals surface area (Å²) in [7, 11) is 0. The Kier molecular flexibility index (Phi) is 3.57. The van der Waals surface area contributed by atoms with Crippen LogP contribution in [0.1, 0.15) is 24.5 Å². The van der Waals surface area contributed by atoms with Gasteiger partial charge in [0, 0.05) is 5.69 Å². The minimum Gasteiger partial charge on any atom is -0.326 e. The van der Waals surface area contributed by atoms with E-state index in [9.17, 15) is 4.79 Å². The molecule has 0 fully saturated rings. The molecule has 0 saturated heterocycles. The van der Waals surface area contributed by atoms with Crippen molar-refractivity contribution in [3.05, 3.63) is 29.3 Å². The summed E-state index contributed by atoms with van der Waals surface area (Å²) in [6, 6.07) is 6.11. The Morgan fingerprint density at radius 1 is 1.38 bits per heavy atom. The SMILES string of the molecule is CCCNCCc1cccc2c1CC(=O)N2. The maximum atomic E-state index is 11.3. The fourth-order valence-corrected chi connectivity index (χ4v) is 2.07. The van der Waals surface area contributed by atoms with Gasteiger partial charge in [-0.1, -0.05) is 19.1 Å². The molecule has 1 amide bonds. The maximum absolute atomic E-state index is 11.3. The Balaban J connectivity index is 2.00. The lowest BCUT2D eigenvalue weighted by atomic mass is 10.0. The van der Waals surface area contributed by atoms with E-state index in [2.05, 4.69) is 23.6 Å². The van der Waals surface area contributed by atoms with E-state index in [1.807, 2.05) is 12.1 Å². The molecule has 0 radical (unpaired) electrons. The Hall–Kier alpha value is -1.35. The third-order valence-corrected chi connectivity index (χ3v) is 2.88. The third kappa shape index (κ3) is 2.42. The van der Waals surface area contributed by atoms with Gasteiger partial charge in [0.15, 0.2) is 0 Å². The number of hydrogen-bond acceptors (Lipinski definition) is 2. The number of carbonyl (C=O) groups is 1. The van der Waals surface area contributed by atoms with Crippen molar-refractivity contribution in [3.8, 4) is 0 Å². The fourth-order valence-electron chi connectivity index (χ4n) is 2.07. The van der Waals surface area contributed by atoms with E-state index in [0.717, 1.165) is 31.6 Å². The minimum absolute atomic E-state index is 0.115. The Morgan fingerprint density at radius 2 is 2.25 bits per heavy atom. The summed E-state index contributed by atoms with van der Waals surface area (Å²) in [6.45, 7) is 4.21. The van der Waals surface area contributed by atoms with Crippen LogP contribution in [0.4, 0.5) is 5.69 Å². The number of hydrogen-bond donors (Lipinski definition) is 2. The zero-order chi connectivity index (χ0) is 11.4. The molecule has 16 heavy (non-hydrogen) atoms. The molecule has 0 atom stereocenters. The van der Waals surface area contributed by atoms with Crippen LogP contribution in [0.25, 0.3) is 0 Å². The lowest BCUT2D eigenvalue weighted by Crippen LogP contribution is -2.18. The van der Waals surface area contributed by atoms with Gasteiger partial charge in [-0.2, -0.15) is 0 Å². The first kappa shape index (κ1) is 11.1. The fraction of sp³-hybridized carbons (Fsp3) is 0.462. The van der Waals surface area contributed by atoms with Crippen molar-refractivity contribution in [1.82, 2.24) is 5.32 Å². The lowest BCUT2D eigenvalue weighted by molar-refractivity contribution is -0.115. The summed E-state index contributed by atoms with van der Waals surface area (Å²) in [5.41, 5.74) is 3.48. The first-order chi connectivity index (χ1) is 7.81. The maximum Gasteiger partial charge on any atom is 0.228 e. The Morgan fingerprint density at radius 3 is 3.06 bits per heavy atom. The smallest absolute Gasteiger partial charge is 0.228 e. The van der Waals surface area contributed by atoms with E-state index in [4.69, 9.17) is 0 Å². The first-order valence-corrected chi connectivity index (χ1v) is 5.92. The molecule has 2 N–H and O–H groups in total. The van der Waals surface area contributed by atoms with Crippen molar-refractivity contribution >= 4 is 11.6 Å². The molecule has 1 aromatic rings. The van der Waals surface area contributed by atoms with Gasteiger partial charge in [0.1, 0.15) is 0 Å². The number of fused-ring (bicyclic) bond motifs is 1. The standard InChI is InChI=1S/C13H18N2O/c1-2-7-14-8-6-10-4-3-5-12-11(10)9-13(16)15-12/h3-5,14H,2,6-9H2,1H3,(H,15,16). The normalized spacial score (nSPS) is 13.7. The highest BCUT2D eigenvalue weighted by Gasteiger charge is 2.19. The highest BCUT2D eigenvalue weighted by molar-refractivity contribution is 5.99. The molecule has 86 valence electrons. The predicted octanol–water partition coefficient (Wildman–Crippen LogP) is 1.72. The number of benzene rings is 1. The summed E-state index contributed by atoms with van der Waals surface area (Å²) in [6.07, 6.45) is 2.70. The molecular weight excluding hydrogens is 200 g/mol. The Labute approximate surface area is 96.2 Å². The van der Waals surface area contributed by atoms with Crippen molar-refractivity contribution in [2.24, 2.45) is 0 Å². The van der Waals surface area contributed by atoms with Crippen LogP contribution < -0.4 is 10.6 Å². The molecule has 1 aromatic carbocycles. The van der Waals surface area contributed by atoms with Crippen molar-refractivity contribution in [1.29, 1.82) is 0 Å². The molecule has 0 aromatic heterocycles. The van der Waals surface area contributed by atoms with Gasteiger partial charge in [-0.25, -0.2) is 0 Å². The number of nitrogens with one attached hydrogen (secondary N) is 2. The number of amides is 1. The number of anilines is 1. The zero-order valence-electron chi connectivity index (χ0n) is 9.68. The van der Waals surface area contributed by atoms with E-state index in [-0.39, 0.29) is 5.91 Å². The van der Waals surface area contributed by atoms with E-state index < -0.39 is 0 Å². The Bertz CT molecular complexity index is 388. The van der Waals surface area contributed by atoms with Crippen LogP contribution >= 0.6 is 0 Å². The third-order valence-electron chi connectivity index (χ3n) is 2.88. The van der Waals surface area contributed by atoms with Crippen LogP contribution in [0.15, 0.2) is 18.2 Å². The summed E-state index contributed by atoms with van der Waals surface area (Å²) in [5.74, 6) is 0.115. The highest BCUT2D eigenvalue weighted by Crippen LogP contribution is 2.26.